The minimum absolute atomic E-state index is 0.109. The molecule has 2 N–H and O–H groups in total. The van der Waals surface area contributed by atoms with E-state index in [9.17, 15) is 13.5 Å². The third-order valence-corrected chi connectivity index (χ3v) is 5.36. The normalized spacial score (nSPS) is 18.1. The lowest BCUT2D eigenvalue weighted by Gasteiger charge is -2.32. The molecule has 1 heterocycles. The van der Waals surface area contributed by atoms with Crippen LogP contribution in [0.5, 0.6) is 0 Å². The molecule has 1 aliphatic heterocycles. The van der Waals surface area contributed by atoms with Crippen molar-refractivity contribution in [3.63, 3.8) is 0 Å². The molecule has 0 unspecified atom stereocenters. The number of nitrogens with one attached hydrogen (secondary N) is 1. The predicted molar refractivity (Wildman–Crippen MR) is 81.5 cm³/mol. The van der Waals surface area contributed by atoms with Crippen LogP contribution in [-0.4, -0.2) is 56.7 Å². The molecule has 1 fully saturated rings. The van der Waals surface area contributed by atoms with Crippen LogP contribution >= 0.6 is 11.6 Å². The van der Waals surface area contributed by atoms with Crippen molar-refractivity contribution < 1.29 is 13.5 Å². The Morgan fingerprint density at radius 1 is 1.29 bits per heavy atom. The zero-order valence-corrected chi connectivity index (χ0v) is 13.7. The number of hydrogen-bond donors (Lipinski definition) is 2. The quantitative estimate of drug-likeness (QED) is 0.843. The van der Waals surface area contributed by atoms with Crippen LogP contribution in [0.25, 0.3) is 0 Å². The summed E-state index contributed by atoms with van der Waals surface area (Å²) in [6.07, 6.45) is 0. The van der Waals surface area contributed by atoms with Crippen LogP contribution in [0, 0.1) is 6.92 Å². The number of aliphatic hydroxyl groups is 1. The van der Waals surface area contributed by atoms with Crippen LogP contribution in [0.1, 0.15) is 11.1 Å². The highest BCUT2D eigenvalue weighted by Crippen LogP contribution is 2.24. The number of hydrogen-bond acceptors (Lipinski definition) is 5. The SMILES string of the molecule is Cc1c(CO)cc(Cl)cc1S(=O)(=O)NN1CCN(C)CC1. The van der Waals surface area contributed by atoms with Crippen molar-refractivity contribution in [3.05, 3.63) is 28.3 Å². The number of benzene rings is 1. The van der Waals surface area contributed by atoms with Gasteiger partial charge in [0.2, 0.25) is 0 Å². The van der Waals surface area contributed by atoms with E-state index in [4.69, 9.17) is 11.6 Å². The number of likely N-dealkylation sites (N-methyl/N-ethyl adjacent to an activating group) is 1. The predicted octanol–water partition coefficient (Wildman–Crippen LogP) is 0.581. The molecule has 1 aliphatic rings. The Morgan fingerprint density at radius 2 is 1.90 bits per heavy atom. The summed E-state index contributed by atoms with van der Waals surface area (Å²) in [6.45, 7) is 4.28. The Bertz CT molecular complexity index is 613. The summed E-state index contributed by atoms with van der Waals surface area (Å²) in [4.78, 5) is 4.84. The van der Waals surface area contributed by atoms with Gasteiger partial charge in [-0.25, -0.2) is 13.4 Å². The average molecular weight is 334 g/mol. The third-order valence-electron chi connectivity index (χ3n) is 3.64. The summed E-state index contributed by atoms with van der Waals surface area (Å²) >= 11 is 5.95. The first-order valence-corrected chi connectivity index (χ1v) is 8.55. The maximum Gasteiger partial charge on any atom is 0.253 e. The van der Waals surface area contributed by atoms with Crippen LogP contribution in [0.3, 0.4) is 0 Å². The first-order chi connectivity index (χ1) is 9.83. The highest BCUT2D eigenvalue weighted by molar-refractivity contribution is 7.89. The lowest BCUT2D eigenvalue weighted by atomic mass is 10.1. The van der Waals surface area contributed by atoms with Gasteiger partial charge in [-0.2, -0.15) is 0 Å². The first-order valence-electron chi connectivity index (χ1n) is 6.69. The van der Waals surface area contributed by atoms with Crippen molar-refractivity contribution in [2.45, 2.75) is 18.4 Å². The highest BCUT2D eigenvalue weighted by Gasteiger charge is 2.24. The van der Waals surface area contributed by atoms with E-state index in [0.29, 0.717) is 29.2 Å². The van der Waals surface area contributed by atoms with Gasteiger partial charge in [0.1, 0.15) is 0 Å². The molecular formula is C13H20ClN3O3S. The van der Waals surface area contributed by atoms with Gasteiger partial charge in [-0.15, -0.1) is 4.83 Å². The van der Waals surface area contributed by atoms with Gasteiger partial charge < -0.3 is 10.0 Å². The summed E-state index contributed by atoms with van der Waals surface area (Å²) in [6, 6.07) is 2.99. The van der Waals surface area contributed by atoms with Crippen LogP contribution in [0.2, 0.25) is 5.02 Å². The van der Waals surface area contributed by atoms with Gasteiger partial charge in [-0.05, 0) is 37.2 Å². The van der Waals surface area contributed by atoms with Gasteiger partial charge >= 0.3 is 0 Å². The van der Waals surface area contributed by atoms with Gasteiger partial charge in [-0.1, -0.05) is 11.6 Å². The fourth-order valence-corrected chi connectivity index (χ4v) is 4.01. The van der Waals surface area contributed by atoms with Gasteiger partial charge in [0.05, 0.1) is 11.5 Å². The molecule has 6 nitrogen and oxygen atoms in total. The van der Waals surface area contributed by atoms with Gasteiger partial charge in [-0.3, -0.25) is 0 Å². The van der Waals surface area contributed by atoms with Gasteiger partial charge in [0, 0.05) is 31.2 Å². The minimum atomic E-state index is -3.70. The summed E-state index contributed by atoms with van der Waals surface area (Å²) < 4.78 is 25.0. The molecule has 0 amide bonds. The highest BCUT2D eigenvalue weighted by atomic mass is 35.5. The summed E-state index contributed by atoms with van der Waals surface area (Å²) in [5.74, 6) is 0. The van der Waals surface area contributed by atoms with Gasteiger partial charge in [0.15, 0.2) is 0 Å². The zero-order chi connectivity index (χ0) is 15.6. The molecule has 0 radical (unpaired) electrons. The maximum atomic E-state index is 12.5. The number of rotatable bonds is 4. The van der Waals surface area contributed by atoms with E-state index in [-0.39, 0.29) is 11.5 Å². The number of aliphatic hydroxyl groups excluding tert-OH is 1. The smallest absolute Gasteiger partial charge is 0.253 e. The van der Waals surface area contributed by atoms with Crippen molar-refractivity contribution in [2.75, 3.05) is 33.2 Å². The lowest BCUT2D eigenvalue weighted by molar-refractivity contribution is 0.135. The fraction of sp³-hybridized carbons (Fsp3) is 0.538. The van der Waals surface area contributed by atoms with E-state index in [2.05, 4.69) is 9.73 Å². The molecule has 1 aromatic carbocycles. The second-order valence-electron chi connectivity index (χ2n) is 5.23. The molecule has 21 heavy (non-hydrogen) atoms. The number of piperazine rings is 1. The van der Waals surface area contributed by atoms with Crippen molar-refractivity contribution in [1.82, 2.24) is 14.7 Å². The third kappa shape index (κ3) is 3.94. The van der Waals surface area contributed by atoms with Crippen molar-refractivity contribution in [1.29, 1.82) is 0 Å². The maximum absolute atomic E-state index is 12.5. The molecule has 0 atom stereocenters. The standard InChI is InChI=1S/C13H20ClN3O3S/c1-10-11(9-18)7-12(14)8-13(10)21(19,20)15-17-5-3-16(2)4-6-17/h7-8,15,18H,3-6,9H2,1-2H3. The molecule has 0 aliphatic carbocycles. The number of hydrazine groups is 1. The topological polar surface area (TPSA) is 72.9 Å². The molecule has 118 valence electrons. The van der Waals surface area contributed by atoms with Crippen molar-refractivity contribution >= 4 is 21.6 Å². The van der Waals surface area contributed by atoms with Crippen LogP contribution in [0.4, 0.5) is 0 Å². The lowest BCUT2D eigenvalue weighted by Crippen LogP contribution is -2.52. The van der Waals surface area contributed by atoms with Crippen LogP contribution in [0.15, 0.2) is 17.0 Å². The van der Waals surface area contributed by atoms with E-state index >= 15 is 0 Å². The van der Waals surface area contributed by atoms with E-state index in [0.717, 1.165) is 13.1 Å². The molecule has 0 saturated carbocycles. The summed E-state index contributed by atoms with van der Waals surface area (Å²) in [5, 5.41) is 11.3. The first kappa shape index (κ1) is 16.7. The molecule has 0 aromatic heterocycles. The number of nitrogens with zero attached hydrogens (tertiary/aromatic N) is 2. The van der Waals surface area contributed by atoms with E-state index in [1.165, 1.54) is 6.07 Å². The molecule has 1 saturated heterocycles. The molecular weight excluding hydrogens is 314 g/mol. The Kier molecular flexibility index (Phi) is 5.24. The van der Waals surface area contributed by atoms with Crippen LogP contribution < -0.4 is 4.83 Å². The van der Waals surface area contributed by atoms with E-state index < -0.39 is 10.0 Å². The Hall–Kier alpha value is -0.700. The summed E-state index contributed by atoms with van der Waals surface area (Å²) in [7, 11) is -1.70. The van der Waals surface area contributed by atoms with Crippen molar-refractivity contribution in [2.24, 2.45) is 0 Å². The van der Waals surface area contributed by atoms with Crippen LogP contribution in [-0.2, 0) is 16.6 Å². The van der Waals surface area contributed by atoms with E-state index in [1.807, 2.05) is 7.05 Å². The Morgan fingerprint density at radius 3 is 2.48 bits per heavy atom. The fourth-order valence-electron chi connectivity index (χ4n) is 2.27. The largest absolute Gasteiger partial charge is 0.392 e. The molecule has 1 aromatic rings. The monoisotopic (exact) mass is 333 g/mol. The second-order valence-corrected chi connectivity index (χ2v) is 7.30. The zero-order valence-electron chi connectivity index (χ0n) is 12.1. The molecule has 0 spiro atoms. The average Bonchev–Trinajstić information content (AvgIpc) is 2.43. The molecule has 2 rings (SSSR count). The second kappa shape index (κ2) is 6.60. The minimum Gasteiger partial charge on any atom is -0.392 e. The Labute approximate surface area is 130 Å². The molecule has 0 bridgehead atoms. The number of halogens is 1. The summed E-state index contributed by atoms with van der Waals surface area (Å²) in [5.41, 5.74) is 1.03. The van der Waals surface area contributed by atoms with Crippen molar-refractivity contribution in [3.8, 4) is 0 Å². The number of sulfonamides is 1. The Balaban J connectivity index is 2.25. The molecule has 8 heteroatoms. The van der Waals surface area contributed by atoms with E-state index in [1.54, 1.807) is 18.0 Å². The van der Waals surface area contributed by atoms with Gasteiger partial charge in [0.25, 0.3) is 10.0 Å².